The van der Waals surface area contributed by atoms with Gasteiger partial charge in [0.1, 0.15) is 12.0 Å². The molecule has 1 atom stereocenters. The predicted molar refractivity (Wildman–Crippen MR) is 178 cm³/mol. The van der Waals surface area contributed by atoms with Gasteiger partial charge in [-0.3, -0.25) is 14.7 Å². The number of hydrogen-bond acceptors (Lipinski definition) is 8. The predicted octanol–water partition coefficient (Wildman–Crippen LogP) is 6.20. The van der Waals surface area contributed by atoms with E-state index in [1.165, 1.54) is 25.3 Å². The van der Waals surface area contributed by atoms with Crippen molar-refractivity contribution in [1.29, 1.82) is 0 Å². The van der Waals surface area contributed by atoms with Crippen molar-refractivity contribution in [3.8, 4) is 17.0 Å². The molecule has 0 amide bonds. The Kier molecular flexibility index (Phi) is 10.5. The number of nitrogens with zero attached hydrogens (tertiary/aromatic N) is 4. The minimum absolute atomic E-state index is 0.206. The Labute approximate surface area is 267 Å². The number of anilines is 1. The van der Waals surface area contributed by atoms with E-state index in [1.54, 1.807) is 7.11 Å². The number of pyridine rings is 1. The number of piperazine rings is 1. The maximum Gasteiger partial charge on any atom is 0.302 e. The molecule has 244 valence electrons. The molecule has 3 aromatic rings. The van der Waals surface area contributed by atoms with E-state index in [2.05, 4.69) is 60.3 Å². The highest BCUT2D eigenvalue weighted by atomic mass is 16.5. The van der Waals surface area contributed by atoms with Crippen LogP contribution in [0.2, 0.25) is 0 Å². The van der Waals surface area contributed by atoms with Crippen molar-refractivity contribution >= 4 is 28.8 Å². The number of aryl methyl sites for hydroxylation is 1. The minimum Gasteiger partial charge on any atom is -0.494 e. The summed E-state index contributed by atoms with van der Waals surface area (Å²) in [6.45, 7) is 15.7. The molecule has 45 heavy (non-hydrogen) atoms. The fourth-order valence-corrected chi connectivity index (χ4v) is 6.54. The zero-order valence-corrected chi connectivity index (χ0v) is 27.9. The van der Waals surface area contributed by atoms with Gasteiger partial charge >= 0.3 is 5.97 Å². The lowest BCUT2D eigenvalue weighted by molar-refractivity contribution is -0.143. The summed E-state index contributed by atoms with van der Waals surface area (Å²) in [4.78, 5) is 32.8. The van der Waals surface area contributed by atoms with Gasteiger partial charge in [0, 0.05) is 81.1 Å². The van der Waals surface area contributed by atoms with E-state index in [0.29, 0.717) is 32.5 Å². The molecule has 1 aliphatic heterocycles. The summed E-state index contributed by atoms with van der Waals surface area (Å²) >= 11 is 0. The van der Waals surface area contributed by atoms with Crippen molar-refractivity contribution in [2.75, 3.05) is 51.4 Å². The van der Waals surface area contributed by atoms with E-state index in [-0.39, 0.29) is 17.5 Å². The zero-order chi connectivity index (χ0) is 32.1. The van der Waals surface area contributed by atoms with Crippen molar-refractivity contribution in [3.05, 3.63) is 41.7 Å². The molecule has 1 aromatic carbocycles. The molecule has 2 aromatic heterocycles. The van der Waals surface area contributed by atoms with Crippen LogP contribution in [0.3, 0.4) is 0 Å². The molecule has 9 nitrogen and oxygen atoms in total. The highest BCUT2D eigenvalue weighted by molar-refractivity contribution is 5.94. The molecule has 2 aliphatic rings. The number of carbonyl (C=O) groups is 2. The SMILES string of the molecule is CCn1c(-c2cc(N3CCN(C4CC4)CC3)cnc2[C@H](C)OC)c(CC(C)(C)COC(C)=O)c2cc(OCCCC=O)ccc21. The molecule has 2 fully saturated rings. The second-order valence-corrected chi connectivity index (χ2v) is 13.3. The number of benzene rings is 1. The summed E-state index contributed by atoms with van der Waals surface area (Å²) in [6.07, 6.45) is 7.23. The number of hydrogen-bond donors (Lipinski definition) is 0. The normalized spacial score (nSPS) is 16.6. The first-order valence-corrected chi connectivity index (χ1v) is 16.5. The van der Waals surface area contributed by atoms with Gasteiger partial charge in [-0.25, -0.2) is 0 Å². The van der Waals surface area contributed by atoms with Crippen LogP contribution in [0.15, 0.2) is 30.5 Å². The van der Waals surface area contributed by atoms with Crippen molar-refractivity contribution in [3.63, 3.8) is 0 Å². The summed E-state index contributed by atoms with van der Waals surface area (Å²) in [5, 5.41) is 1.11. The van der Waals surface area contributed by atoms with Crippen LogP contribution in [-0.4, -0.2) is 79.3 Å². The number of ether oxygens (including phenoxy) is 3. The van der Waals surface area contributed by atoms with Gasteiger partial charge in [-0.15, -0.1) is 0 Å². The third-order valence-corrected chi connectivity index (χ3v) is 9.15. The fourth-order valence-electron chi connectivity index (χ4n) is 6.54. The van der Waals surface area contributed by atoms with Gasteiger partial charge in [-0.2, -0.15) is 0 Å². The van der Waals surface area contributed by atoms with Crippen molar-refractivity contribution in [2.24, 2.45) is 5.41 Å². The molecular weight excluding hydrogens is 568 g/mol. The Balaban J connectivity index is 1.63. The van der Waals surface area contributed by atoms with E-state index in [1.807, 2.05) is 12.3 Å². The molecule has 1 saturated heterocycles. The second kappa shape index (κ2) is 14.3. The molecule has 0 N–H and O–H groups in total. The molecule has 1 saturated carbocycles. The van der Waals surface area contributed by atoms with Gasteiger partial charge in [0.2, 0.25) is 0 Å². The number of unbranched alkanes of at least 4 members (excludes halogenated alkanes) is 1. The highest BCUT2D eigenvalue weighted by Crippen LogP contribution is 2.43. The van der Waals surface area contributed by atoms with Crippen LogP contribution in [0.1, 0.15) is 77.7 Å². The van der Waals surface area contributed by atoms with Gasteiger partial charge in [0.25, 0.3) is 0 Å². The van der Waals surface area contributed by atoms with Crippen molar-refractivity contribution < 1.29 is 23.8 Å². The molecule has 1 aliphatic carbocycles. The first-order chi connectivity index (χ1) is 21.7. The molecule has 0 spiro atoms. The Morgan fingerprint density at radius 2 is 1.91 bits per heavy atom. The lowest BCUT2D eigenvalue weighted by Gasteiger charge is -2.36. The molecule has 5 rings (SSSR count). The average molecular weight is 619 g/mol. The van der Waals surface area contributed by atoms with Crippen LogP contribution in [-0.2, 0) is 32.0 Å². The Bertz CT molecular complexity index is 1490. The standard InChI is InChI=1S/C36H50N4O5/c1-7-40-33-13-12-29(44-19-9-8-18-41)21-30(33)32(22-36(4,5)24-45-26(3)42)35(40)31-20-28(23-37-34(31)25(2)43-6)39-16-14-38(15-17-39)27-10-11-27/h12-13,18,20-21,23,25,27H,7-11,14-17,19,22,24H2,1-6H3/t25-/m0/s1. The van der Waals surface area contributed by atoms with Crippen molar-refractivity contribution in [2.45, 2.75) is 85.4 Å². The maximum atomic E-state index is 11.8. The lowest BCUT2D eigenvalue weighted by Crippen LogP contribution is -2.47. The van der Waals surface area contributed by atoms with Gasteiger partial charge in [0.15, 0.2) is 0 Å². The number of carbonyl (C=O) groups excluding carboxylic acids is 2. The van der Waals surface area contributed by atoms with Gasteiger partial charge in [-0.05, 0) is 69.4 Å². The number of fused-ring (bicyclic) bond motifs is 1. The largest absolute Gasteiger partial charge is 0.494 e. The summed E-state index contributed by atoms with van der Waals surface area (Å²) in [5.41, 5.74) is 6.17. The monoisotopic (exact) mass is 618 g/mol. The second-order valence-electron chi connectivity index (χ2n) is 13.3. The zero-order valence-electron chi connectivity index (χ0n) is 27.9. The number of aldehydes is 1. The molecule has 0 bridgehead atoms. The number of methoxy groups -OCH3 is 1. The van der Waals surface area contributed by atoms with E-state index in [4.69, 9.17) is 19.2 Å². The molecular formula is C36H50N4O5. The first kappa shape index (κ1) is 32.9. The van der Waals surface area contributed by atoms with Crippen LogP contribution in [0.4, 0.5) is 5.69 Å². The van der Waals surface area contributed by atoms with Crippen molar-refractivity contribution in [1.82, 2.24) is 14.5 Å². The smallest absolute Gasteiger partial charge is 0.302 e. The Morgan fingerprint density at radius 1 is 1.16 bits per heavy atom. The van der Waals surface area contributed by atoms with Crippen LogP contribution < -0.4 is 9.64 Å². The van der Waals surface area contributed by atoms with E-state index in [0.717, 1.165) is 84.3 Å². The van der Waals surface area contributed by atoms with E-state index in [9.17, 15) is 9.59 Å². The Hall–Kier alpha value is -3.43. The van der Waals surface area contributed by atoms with Crippen LogP contribution >= 0.6 is 0 Å². The molecule has 0 radical (unpaired) electrons. The quantitative estimate of drug-likeness (QED) is 0.113. The minimum atomic E-state index is -0.328. The molecule has 3 heterocycles. The van der Waals surface area contributed by atoms with E-state index < -0.39 is 0 Å². The Morgan fingerprint density at radius 3 is 2.56 bits per heavy atom. The van der Waals surface area contributed by atoms with Gasteiger partial charge in [0.05, 0.1) is 42.6 Å². The van der Waals surface area contributed by atoms with E-state index >= 15 is 0 Å². The lowest BCUT2D eigenvalue weighted by atomic mass is 9.84. The summed E-state index contributed by atoms with van der Waals surface area (Å²) in [5.74, 6) is 0.498. The maximum absolute atomic E-state index is 11.8. The summed E-state index contributed by atoms with van der Waals surface area (Å²) in [6, 6.07) is 9.36. The average Bonchev–Trinajstić information content (AvgIpc) is 3.85. The number of rotatable bonds is 15. The number of esters is 1. The summed E-state index contributed by atoms with van der Waals surface area (Å²) in [7, 11) is 1.73. The van der Waals surface area contributed by atoms with Crippen LogP contribution in [0.25, 0.3) is 22.2 Å². The number of aromatic nitrogens is 2. The van der Waals surface area contributed by atoms with Gasteiger partial charge < -0.3 is 28.5 Å². The summed E-state index contributed by atoms with van der Waals surface area (Å²) < 4.78 is 19.9. The molecule has 9 heteroatoms. The molecule has 0 unspecified atom stereocenters. The topological polar surface area (TPSA) is 86.1 Å². The van der Waals surface area contributed by atoms with Gasteiger partial charge in [-0.1, -0.05) is 13.8 Å². The van der Waals surface area contributed by atoms with Crippen LogP contribution in [0.5, 0.6) is 5.75 Å². The fraction of sp³-hybridized carbons (Fsp3) is 0.583. The third-order valence-electron chi connectivity index (χ3n) is 9.15. The third kappa shape index (κ3) is 7.69. The van der Waals surface area contributed by atoms with Crippen LogP contribution in [0, 0.1) is 5.41 Å². The first-order valence-electron chi connectivity index (χ1n) is 16.5. The highest BCUT2D eigenvalue weighted by Gasteiger charge is 2.33.